The molecule has 0 aliphatic carbocycles. The van der Waals surface area contributed by atoms with Crippen LogP contribution in [0.5, 0.6) is 0 Å². The van der Waals surface area contributed by atoms with Gasteiger partial charge in [-0.15, -0.1) is 0 Å². The molecule has 11 rings (SSSR count). The van der Waals surface area contributed by atoms with Crippen molar-refractivity contribution in [3.05, 3.63) is 164 Å². The van der Waals surface area contributed by atoms with Gasteiger partial charge in [0, 0.05) is 12.4 Å². The number of aromatic nitrogens is 2. The van der Waals surface area contributed by atoms with Crippen molar-refractivity contribution in [1.29, 1.82) is 0 Å². The summed E-state index contributed by atoms with van der Waals surface area (Å²) < 4.78 is 0. The lowest BCUT2D eigenvalue weighted by Crippen LogP contribution is -1.85. The quantitative estimate of drug-likeness (QED) is 0.142. The minimum atomic E-state index is 1.33. The summed E-state index contributed by atoms with van der Waals surface area (Å²) in [5, 5.41) is 21.8. The van der Waals surface area contributed by atoms with Crippen LogP contribution in [0.4, 0.5) is 0 Å². The number of fused-ring (bicyclic) bond motifs is 4. The van der Waals surface area contributed by atoms with Gasteiger partial charge >= 0.3 is 0 Å². The van der Waals surface area contributed by atoms with E-state index in [2.05, 4.69) is 156 Å². The van der Waals surface area contributed by atoms with Crippen molar-refractivity contribution in [3.63, 3.8) is 0 Å². The number of aromatic amines is 1. The van der Waals surface area contributed by atoms with Gasteiger partial charge in [-0.2, -0.15) is 0 Å². The zero-order valence-corrected chi connectivity index (χ0v) is 24.5. The molecule has 1 heterocycles. The smallest absolute Gasteiger partial charge is 0.0919 e. The van der Waals surface area contributed by atoms with Crippen LogP contribution in [0, 0.1) is 0 Å². The minimum Gasteiger partial charge on any atom is -0.351 e. The maximum atomic E-state index is 3.67. The molecule has 0 fully saturated rings. The van der Waals surface area contributed by atoms with Gasteiger partial charge in [0.1, 0.15) is 0 Å². The molecule has 10 aromatic carbocycles. The van der Waals surface area contributed by atoms with Crippen LogP contribution >= 0.6 is 0 Å². The number of rotatable bonds is 0. The Bertz CT molecular complexity index is 2220. The van der Waals surface area contributed by atoms with Crippen molar-refractivity contribution in [2.75, 3.05) is 0 Å². The number of imidazole rings is 1. The third-order valence-corrected chi connectivity index (χ3v) is 9.19. The van der Waals surface area contributed by atoms with E-state index in [0.29, 0.717) is 0 Å². The molecule has 0 aliphatic rings. The first-order chi connectivity index (χ1) is 22.4. The van der Waals surface area contributed by atoms with Crippen LogP contribution in [-0.2, 0) is 0 Å². The Morgan fingerprint density at radius 3 is 0.711 bits per heavy atom. The van der Waals surface area contributed by atoms with E-state index in [9.17, 15) is 0 Å². The fourth-order valence-corrected chi connectivity index (χ4v) is 7.37. The molecule has 1 aromatic heterocycles. The molecule has 1 N–H and O–H groups in total. The van der Waals surface area contributed by atoms with Gasteiger partial charge in [-0.25, -0.2) is 4.98 Å². The fraction of sp³-hybridized carbons (Fsp3) is 0. The maximum Gasteiger partial charge on any atom is 0.0919 e. The second kappa shape index (κ2) is 10.3. The third kappa shape index (κ3) is 4.00. The molecule has 0 aliphatic heterocycles. The first-order valence-corrected chi connectivity index (χ1v) is 15.4. The zero-order valence-electron chi connectivity index (χ0n) is 24.5. The van der Waals surface area contributed by atoms with Gasteiger partial charge < -0.3 is 4.98 Å². The van der Waals surface area contributed by atoms with Gasteiger partial charge in [0.25, 0.3) is 0 Å². The second-order valence-corrected chi connectivity index (χ2v) is 11.6. The normalized spacial score (nSPS) is 11.6. The van der Waals surface area contributed by atoms with Crippen LogP contribution in [0.15, 0.2) is 164 Å². The molecule has 45 heavy (non-hydrogen) atoms. The van der Waals surface area contributed by atoms with E-state index in [4.69, 9.17) is 0 Å². The van der Waals surface area contributed by atoms with Gasteiger partial charge in [-0.3, -0.25) is 0 Å². The number of benzene rings is 10. The molecule has 0 radical (unpaired) electrons. The summed E-state index contributed by atoms with van der Waals surface area (Å²) in [5.41, 5.74) is 0. The highest BCUT2D eigenvalue weighted by Crippen LogP contribution is 2.41. The number of nitrogens with one attached hydrogen (secondary N) is 1. The van der Waals surface area contributed by atoms with Crippen molar-refractivity contribution in [2.45, 2.75) is 0 Å². The van der Waals surface area contributed by atoms with E-state index < -0.39 is 0 Å². The van der Waals surface area contributed by atoms with Gasteiger partial charge in [-0.1, -0.05) is 146 Å². The lowest BCUT2D eigenvalue weighted by molar-refractivity contribution is 1.31. The highest BCUT2D eigenvalue weighted by Gasteiger charge is 2.12. The summed E-state index contributed by atoms with van der Waals surface area (Å²) in [7, 11) is 0. The monoisotopic (exact) mass is 572 g/mol. The maximum absolute atomic E-state index is 3.67. The lowest BCUT2D eigenvalue weighted by Gasteiger charge is -2.13. The summed E-state index contributed by atoms with van der Waals surface area (Å²) in [5.74, 6) is 0. The van der Waals surface area contributed by atoms with Crippen LogP contribution in [0.3, 0.4) is 0 Å². The van der Waals surface area contributed by atoms with Crippen molar-refractivity contribution in [3.8, 4) is 0 Å². The van der Waals surface area contributed by atoms with E-state index >= 15 is 0 Å². The molecule has 0 saturated carbocycles. The average Bonchev–Trinajstić information content (AvgIpc) is 3.70. The van der Waals surface area contributed by atoms with E-state index in [1.165, 1.54) is 86.2 Å². The first-order valence-electron chi connectivity index (χ1n) is 15.4. The molecule has 0 atom stereocenters. The Morgan fingerprint density at radius 1 is 0.311 bits per heavy atom. The van der Waals surface area contributed by atoms with Gasteiger partial charge in [0.2, 0.25) is 0 Å². The Hall–Kier alpha value is -5.99. The van der Waals surface area contributed by atoms with E-state index in [0.717, 1.165) is 0 Å². The highest BCUT2D eigenvalue weighted by atomic mass is 14.8. The topological polar surface area (TPSA) is 28.7 Å². The van der Waals surface area contributed by atoms with Crippen molar-refractivity contribution in [2.24, 2.45) is 0 Å². The molecule has 0 bridgehead atoms. The molecule has 210 valence electrons. The number of nitrogens with zero attached hydrogens (tertiary/aromatic N) is 1. The summed E-state index contributed by atoms with van der Waals surface area (Å²) in [6, 6.07) is 52.9. The summed E-state index contributed by atoms with van der Waals surface area (Å²) in [6.07, 6.45) is 5.08. The molecule has 11 aromatic rings. The fourth-order valence-electron chi connectivity index (χ4n) is 7.37. The minimum absolute atomic E-state index is 1.33. The van der Waals surface area contributed by atoms with E-state index in [-0.39, 0.29) is 0 Å². The Morgan fingerprint density at radius 2 is 0.556 bits per heavy atom. The largest absolute Gasteiger partial charge is 0.351 e. The van der Waals surface area contributed by atoms with Crippen molar-refractivity contribution >= 4 is 86.2 Å². The van der Waals surface area contributed by atoms with Crippen molar-refractivity contribution in [1.82, 2.24) is 9.97 Å². The van der Waals surface area contributed by atoms with Gasteiger partial charge in [0.15, 0.2) is 0 Å². The van der Waals surface area contributed by atoms with Crippen LogP contribution in [-0.4, -0.2) is 9.97 Å². The molecule has 2 heteroatoms. The molecular weight excluding hydrogens is 544 g/mol. The van der Waals surface area contributed by atoms with Crippen LogP contribution < -0.4 is 0 Å². The van der Waals surface area contributed by atoms with E-state index in [1.54, 1.807) is 18.7 Å². The number of hydrogen-bond donors (Lipinski definition) is 1. The van der Waals surface area contributed by atoms with Gasteiger partial charge in [-0.05, 0) is 86.2 Å². The Kier molecular flexibility index (Phi) is 5.85. The molecule has 2 nitrogen and oxygen atoms in total. The number of H-pyrrole nitrogens is 1. The predicted octanol–water partition coefficient (Wildman–Crippen LogP) is 11.9. The van der Waals surface area contributed by atoms with Gasteiger partial charge in [0.05, 0.1) is 6.33 Å². The molecular formula is C43H28N2. The van der Waals surface area contributed by atoms with Crippen LogP contribution in [0.1, 0.15) is 0 Å². The zero-order chi connectivity index (χ0) is 29.7. The predicted molar refractivity (Wildman–Crippen MR) is 194 cm³/mol. The molecule has 0 unspecified atom stereocenters. The highest BCUT2D eigenvalue weighted by molar-refractivity contribution is 6.34. The lowest BCUT2D eigenvalue weighted by atomic mass is 9.90. The summed E-state index contributed by atoms with van der Waals surface area (Å²) in [6.45, 7) is 0. The summed E-state index contributed by atoms with van der Waals surface area (Å²) >= 11 is 0. The summed E-state index contributed by atoms with van der Waals surface area (Å²) in [4.78, 5) is 6.42. The SMILES string of the molecule is c1c[nH]cn1.c1cc2cccc3c4cccc5cccc(c(c1)c23)c54.c1cc2cccc3c4cccc5cccc(c(c1)c23)c54. The molecule has 0 spiro atoms. The molecule has 0 saturated heterocycles. The Balaban J connectivity index is 0.000000108. The third-order valence-electron chi connectivity index (χ3n) is 9.19. The van der Waals surface area contributed by atoms with Crippen molar-refractivity contribution < 1.29 is 0 Å². The number of hydrogen-bond acceptors (Lipinski definition) is 1. The average molecular weight is 573 g/mol. The Labute approximate surface area is 259 Å². The first kappa shape index (κ1) is 25.5. The second-order valence-electron chi connectivity index (χ2n) is 11.6. The van der Waals surface area contributed by atoms with E-state index in [1.807, 2.05) is 0 Å². The molecule has 0 amide bonds. The van der Waals surface area contributed by atoms with Crippen LogP contribution in [0.25, 0.3) is 86.2 Å². The standard InChI is InChI=1S/2C20H12.C3H4N2/c2*1-5-13-6-2-11-17-18-12-4-8-14-7-3-10-16(20(14)18)15(9-1)19(13)17;1-2-5-3-4-1/h2*1-12H;1-3H,(H,4,5). The van der Waals surface area contributed by atoms with Crippen LogP contribution in [0.2, 0.25) is 0 Å².